The van der Waals surface area contributed by atoms with E-state index >= 15 is 0 Å². The van der Waals surface area contributed by atoms with Crippen LogP contribution < -0.4 is 33.9 Å². The molecule has 1 heterocycles. The van der Waals surface area contributed by atoms with Gasteiger partial charge in [0.25, 0.3) is 0 Å². The Morgan fingerprint density at radius 1 is 0.800 bits per heavy atom. The van der Waals surface area contributed by atoms with Crippen molar-refractivity contribution < 1.29 is 33.3 Å². The summed E-state index contributed by atoms with van der Waals surface area (Å²) in [6, 6.07) is 18.0. The molecule has 0 aliphatic carbocycles. The predicted molar refractivity (Wildman–Crippen MR) is 152 cm³/mol. The van der Waals surface area contributed by atoms with Gasteiger partial charge in [0.05, 0.1) is 47.5 Å². The van der Waals surface area contributed by atoms with Crippen LogP contribution in [0.2, 0.25) is 0 Å². The number of nitrogens with zero attached hydrogens (tertiary/aromatic N) is 1. The zero-order chi connectivity index (χ0) is 28.6. The molecule has 0 spiro atoms. The molecule has 2 atom stereocenters. The molecule has 2 amide bonds. The van der Waals surface area contributed by atoms with E-state index in [0.717, 1.165) is 11.1 Å². The van der Waals surface area contributed by atoms with Gasteiger partial charge >= 0.3 is 0 Å². The van der Waals surface area contributed by atoms with E-state index in [1.165, 1.54) is 0 Å². The van der Waals surface area contributed by atoms with E-state index in [-0.39, 0.29) is 18.2 Å². The van der Waals surface area contributed by atoms with E-state index in [2.05, 4.69) is 5.32 Å². The van der Waals surface area contributed by atoms with Gasteiger partial charge in [0.1, 0.15) is 5.75 Å². The van der Waals surface area contributed by atoms with Gasteiger partial charge in [-0.25, -0.2) is 0 Å². The minimum atomic E-state index is -0.546. The summed E-state index contributed by atoms with van der Waals surface area (Å²) in [7, 11) is 7.91. The van der Waals surface area contributed by atoms with Crippen molar-refractivity contribution in [3.05, 3.63) is 71.8 Å². The summed E-state index contributed by atoms with van der Waals surface area (Å²) >= 11 is 0. The molecule has 1 saturated heterocycles. The fourth-order valence-electron chi connectivity index (χ4n) is 5.13. The average molecular weight is 549 g/mol. The lowest BCUT2D eigenvalue weighted by Crippen LogP contribution is -2.48. The van der Waals surface area contributed by atoms with E-state index in [9.17, 15) is 9.59 Å². The molecule has 1 fully saturated rings. The Bertz CT molecular complexity index is 1330. The van der Waals surface area contributed by atoms with Crippen molar-refractivity contribution in [3.8, 4) is 28.7 Å². The summed E-state index contributed by atoms with van der Waals surface area (Å²) in [6.45, 7) is 0.431. The Morgan fingerprint density at radius 3 is 2.05 bits per heavy atom. The lowest BCUT2D eigenvalue weighted by molar-refractivity contribution is -0.129. The first-order valence-corrected chi connectivity index (χ1v) is 13.1. The van der Waals surface area contributed by atoms with Gasteiger partial charge in [-0.2, -0.15) is 0 Å². The maximum Gasteiger partial charge on any atom is 0.227 e. The lowest BCUT2D eigenvalue weighted by Gasteiger charge is -2.41. The number of anilines is 1. The SMILES string of the molecule is COc1ccc(N2C(=O)CC[C@@H](C(=O)NCCc3ccc(OC)c(OC)c3)[C@@H]2c2ccc(OC)c(OC)c2)cc1. The quantitative estimate of drug-likeness (QED) is 0.375. The fourth-order valence-corrected chi connectivity index (χ4v) is 5.13. The normalized spacial score (nSPS) is 16.7. The highest BCUT2D eigenvalue weighted by molar-refractivity contribution is 5.97. The standard InChI is InChI=1S/C31H36N2O7/c1-36-23-10-8-22(9-11-23)33-29(34)15-12-24(30(33)21-7-14-26(38-3)28(19-21)40-5)31(35)32-17-16-20-6-13-25(37-2)27(18-20)39-4/h6-11,13-14,18-19,24,30H,12,15-17H2,1-5H3,(H,32,35)/t24-,30+/m1/s1. The predicted octanol–water partition coefficient (Wildman–Crippen LogP) is 4.57. The second-order valence-electron chi connectivity index (χ2n) is 9.40. The summed E-state index contributed by atoms with van der Waals surface area (Å²) in [5.41, 5.74) is 2.48. The maximum atomic E-state index is 13.7. The minimum absolute atomic E-state index is 0.0562. The van der Waals surface area contributed by atoms with Crippen molar-refractivity contribution in [3.63, 3.8) is 0 Å². The van der Waals surface area contributed by atoms with Crippen molar-refractivity contribution in [1.29, 1.82) is 0 Å². The van der Waals surface area contributed by atoms with Crippen LogP contribution >= 0.6 is 0 Å². The number of rotatable bonds is 11. The van der Waals surface area contributed by atoms with Crippen LogP contribution in [0.3, 0.4) is 0 Å². The molecule has 0 aromatic heterocycles. The number of carbonyl (C=O) groups excluding carboxylic acids is 2. The lowest BCUT2D eigenvalue weighted by atomic mass is 9.83. The van der Waals surface area contributed by atoms with Crippen LogP contribution in [0.15, 0.2) is 60.7 Å². The van der Waals surface area contributed by atoms with Crippen LogP contribution in [0.25, 0.3) is 0 Å². The molecular weight excluding hydrogens is 512 g/mol. The Morgan fingerprint density at radius 2 is 1.43 bits per heavy atom. The number of piperidine rings is 1. The van der Waals surface area contributed by atoms with Gasteiger partial charge in [0.2, 0.25) is 11.8 Å². The fraction of sp³-hybridized carbons (Fsp3) is 0.355. The first kappa shape index (κ1) is 28.6. The van der Waals surface area contributed by atoms with Gasteiger partial charge in [-0.1, -0.05) is 12.1 Å². The van der Waals surface area contributed by atoms with E-state index in [4.69, 9.17) is 23.7 Å². The summed E-state index contributed by atoms with van der Waals surface area (Å²) < 4.78 is 27.0. The zero-order valence-corrected chi connectivity index (χ0v) is 23.6. The third-order valence-corrected chi connectivity index (χ3v) is 7.19. The second-order valence-corrected chi connectivity index (χ2v) is 9.40. The molecule has 1 aliphatic rings. The van der Waals surface area contributed by atoms with Gasteiger partial charge in [-0.05, 0) is 72.5 Å². The largest absolute Gasteiger partial charge is 0.497 e. The summed E-state index contributed by atoms with van der Waals surface area (Å²) in [5, 5.41) is 3.10. The monoisotopic (exact) mass is 548 g/mol. The molecule has 4 rings (SSSR count). The van der Waals surface area contributed by atoms with Crippen LogP contribution in [0.5, 0.6) is 28.7 Å². The smallest absolute Gasteiger partial charge is 0.227 e. The second kappa shape index (κ2) is 13.1. The van der Waals surface area contributed by atoms with Crippen LogP contribution in [0, 0.1) is 5.92 Å². The number of ether oxygens (including phenoxy) is 5. The highest BCUT2D eigenvalue weighted by Gasteiger charge is 2.41. The molecular formula is C31H36N2O7. The van der Waals surface area contributed by atoms with E-state index in [0.29, 0.717) is 53.8 Å². The molecule has 0 saturated carbocycles. The number of nitrogens with one attached hydrogen (secondary N) is 1. The maximum absolute atomic E-state index is 13.7. The third-order valence-electron chi connectivity index (χ3n) is 7.19. The molecule has 0 unspecified atom stereocenters. The first-order valence-electron chi connectivity index (χ1n) is 13.1. The Kier molecular flexibility index (Phi) is 9.37. The number of amides is 2. The number of benzene rings is 3. The average Bonchev–Trinajstić information content (AvgIpc) is 3.00. The van der Waals surface area contributed by atoms with Crippen molar-refractivity contribution in [2.24, 2.45) is 5.92 Å². The van der Waals surface area contributed by atoms with Crippen molar-refractivity contribution in [2.45, 2.75) is 25.3 Å². The molecule has 212 valence electrons. The molecule has 3 aromatic rings. The molecule has 0 radical (unpaired) electrons. The van der Waals surface area contributed by atoms with Gasteiger partial charge in [0.15, 0.2) is 23.0 Å². The van der Waals surface area contributed by atoms with Crippen molar-refractivity contribution in [1.82, 2.24) is 5.32 Å². The topological polar surface area (TPSA) is 95.6 Å². The molecule has 9 heteroatoms. The zero-order valence-electron chi connectivity index (χ0n) is 23.6. The molecule has 40 heavy (non-hydrogen) atoms. The minimum Gasteiger partial charge on any atom is -0.497 e. The summed E-state index contributed by atoms with van der Waals surface area (Å²) in [5.74, 6) is 2.41. The van der Waals surface area contributed by atoms with Crippen molar-refractivity contribution >= 4 is 17.5 Å². The van der Waals surface area contributed by atoms with Gasteiger partial charge in [0, 0.05) is 18.7 Å². The molecule has 0 bridgehead atoms. The molecule has 1 N–H and O–H groups in total. The third kappa shape index (κ3) is 6.09. The van der Waals surface area contributed by atoms with Gasteiger partial charge in [-0.3, -0.25) is 9.59 Å². The van der Waals surface area contributed by atoms with E-state index < -0.39 is 12.0 Å². The highest BCUT2D eigenvalue weighted by Crippen LogP contribution is 2.42. The first-order chi connectivity index (χ1) is 19.4. The van der Waals surface area contributed by atoms with Crippen LogP contribution in [0.1, 0.15) is 30.0 Å². The summed E-state index contributed by atoms with van der Waals surface area (Å²) in [4.78, 5) is 28.8. The molecule has 9 nitrogen and oxygen atoms in total. The summed E-state index contributed by atoms with van der Waals surface area (Å²) in [6.07, 6.45) is 1.29. The van der Waals surface area contributed by atoms with Crippen LogP contribution in [-0.2, 0) is 16.0 Å². The molecule has 3 aromatic carbocycles. The number of carbonyl (C=O) groups is 2. The Labute approximate surface area is 234 Å². The highest BCUT2D eigenvalue weighted by atomic mass is 16.5. The van der Waals surface area contributed by atoms with Crippen molar-refractivity contribution in [2.75, 3.05) is 47.0 Å². The van der Waals surface area contributed by atoms with Crippen LogP contribution in [-0.4, -0.2) is 53.9 Å². The number of methoxy groups -OCH3 is 5. The van der Waals surface area contributed by atoms with Gasteiger partial charge < -0.3 is 33.9 Å². The molecule has 1 aliphatic heterocycles. The Balaban J connectivity index is 1.62. The van der Waals surface area contributed by atoms with E-state index in [1.807, 2.05) is 42.5 Å². The van der Waals surface area contributed by atoms with E-state index in [1.54, 1.807) is 58.6 Å². The number of hydrogen-bond acceptors (Lipinski definition) is 7. The number of hydrogen-bond donors (Lipinski definition) is 1. The Hall–Kier alpha value is -4.40. The van der Waals surface area contributed by atoms with Crippen LogP contribution in [0.4, 0.5) is 5.69 Å². The van der Waals surface area contributed by atoms with Gasteiger partial charge in [-0.15, -0.1) is 0 Å².